The van der Waals surface area contributed by atoms with Gasteiger partial charge in [-0.15, -0.1) is 0 Å². The van der Waals surface area contributed by atoms with Gasteiger partial charge in [-0.1, -0.05) is 11.6 Å². The smallest absolute Gasteiger partial charge is 0.317 e. The third kappa shape index (κ3) is 3.07. The van der Waals surface area contributed by atoms with Gasteiger partial charge in [-0.05, 0) is 47.1 Å². The molecule has 2 amide bonds. The van der Waals surface area contributed by atoms with Crippen LogP contribution in [0.1, 0.15) is 31.0 Å². The van der Waals surface area contributed by atoms with Crippen molar-refractivity contribution in [2.24, 2.45) is 0 Å². The zero-order valence-corrected chi connectivity index (χ0v) is 18.2. The van der Waals surface area contributed by atoms with Crippen LogP contribution in [0.25, 0.3) is 22.3 Å². The molecule has 2 aliphatic rings. The van der Waals surface area contributed by atoms with Crippen LogP contribution in [0.5, 0.6) is 0 Å². The summed E-state index contributed by atoms with van der Waals surface area (Å²) in [5.74, 6) is 3.22. The van der Waals surface area contributed by atoms with Crippen LogP contribution in [0.4, 0.5) is 4.79 Å². The molecule has 2 N–H and O–H groups in total. The van der Waals surface area contributed by atoms with E-state index in [4.69, 9.17) is 5.10 Å². The summed E-state index contributed by atoms with van der Waals surface area (Å²) in [5.41, 5.74) is 8.18. The third-order valence-electron chi connectivity index (χ3n) is 6.24. The summed E-state index contributed by atoms with van der Waals surface area (Å²) < 4.78 is 2.12. The van der Waals surface area contributed by atoms with Crippen molar-refractivity contribution in [2.75, 3.05) is 26.3 Å². The van der Waals surface area contributed by atoms with Crippen molar-refractivity contribution in [3.05, 3.63) is 35.8 Å². The molecule has 5 rings (SSSR count). The summed E-state index contributed by atoms with van der Waals surface area (Å²) in [7, 11) is 0.597. The maximum absolute atomic E-state index is 12.3. The van der Waals surface area contributed by atoms with E-state index in [0.29, 0.717) is 15.1 Å². The standard InChI is InChI=1S/C22H25N6OP/c1-3-23-21(29)27-7-5-22(14-27)6-8-28-19(22)11-18(26-28)16-10-17-15(4-9-30-2)12-24-20(17)25-13-16/h10-13,30H,3,5-8,14H2,1-2H3,(H,23,29)(H,24,25). The molecule has 1 spiro atoms. The molecule has 2 unspecified atom stereocenters. The largest absolute Gasteiger partial charge is 0.345 e. The lowest BCUT2D eigenvalue weighted by atomic mass is 9.82. The molecule has 0 saturated carbocycles. The van der Waals surface area contributed by atoms with E-state index in [1.807, 2.05) is 24.2 Å². The molecule has 154 valence electrons. The molecule has 1 fully saturated rings. The maximum Gasteiger partial charge on any atom is 0.317 e. The number of aryl methyl sites for hydroxylation is 1. The van der Waals surface area contributed by atoms with Gasteiger partial charge in [-0.25, -0.2) is 9.78 Å². The second-order valence-corrected chi connectivity index (χ2v) is 8.75. The second-order valence-electron chi connectivity index (χ2n) is 8.00. The minimum absolute atomic E-state index is 0.0145. The number of hydrogen-bond acceptors (Lipinski definition) is 3. The fraction of sp³-hybridized carbons (Fsp3) is 0.409. The highest BCUT2D eigenvalue weighted by atomic mass is 31.1. The molecule has 8 heteroatoms. The Labute approximate surface area is 177 Å². The van der Waals surface area contributed by atoms with Crippen LogP contribution in [0.15, 0.2) is 24.5 Å². The van der Waals surface area contributed by atoms with Crippen LogP contribution in [0.3, 0.4) is 0 Å². The van der Waals surface area contributed by atoms with Crippen molar-refractivity contribution in [2.45, 2.75) is 31.7 Å². The monoisotopic (exact) mass is 420 g/mol. The van der Waals surface area contributed by atoms with Crippen LogP contribution >= 0.6 is 8.58 Å². The number of fused-ring (bicyclic) bond motifs is 3. The average molecular weight is 420 g/mol. The van der Waals surface area contributed by atoms with Crippen molar-refractivity contribution >= 4 is 25.6 Å². The minimum Gasteiger partial charge on any atom is -0.345 e. The average Bonchev–Trinajstić information content (AvgIpc) is 3.52. The number of H-pyrrole nitrogens is 1. The van der Waals surface area contributed by atoms with E-state index in [-0.39, 0.29) is 11.4 Å². The molecule has 1 saturated heterocycles. The summed E-state index contributed by atoms with van der Waals surface area (Å²) >= 11 is 0. The van der Waals surface area contributed by atoms with Gasteiger partial charge in [0.05, 0.1) is 11.3 Å². The van der Waals surface area contributed by atoms with E-state index in [0.717, 1.165) is 60.3 Å². The Balaban J connectivity index is 1.47. The normalized spacial score (nSPS) is 20.3. The van der Waals surface area contributed by atoms with E-state index in [9.17, 15) is 4.79 Å². The fourth-order valence-electron chi connectivity index (χ4n) is 4.70. The Kier molecular flexibility index (Phi) is 4.75. The molecule has 3 aromatic heterocycles. The zero-order chi connectivity index (χ0) is 20.7. The highest BCUT2D eigenvalue weighted by Gasteiger charge is 2.46. The van der Waals surface area contributed by atoms with E-state index in [1.165, 1.54) is 5.69 Å². The Morgan fingerprint density at radius 1 is 1.37 bits per heavy atom. The lowest BCUT2D eigenvalue weighted by molar-refractivity contribution is 0.206. The summed E-state index contributed by atoms with van der Waals surface area (Å²) in [6.45, 7) is 7.14. The van der Waals surface area contributed by atoms with Gasteiger partial charge >= 0.3 is 6.03 Å². The van der Waals surface area contributed by atoms with Crippen molar-refractivity contribution in [1.82, 2.24) is 30.0 Å². The van der Waals surface area contributed by atoms with Crippen LogP contribution in [0.2, 0.25) is 0 Å². The number of likely N-dealkylation sites (tertiary alicyclic amines) is 1. The van der Waals surface area contributed by atoms with E-state index in [2.05, 4.69) is 50.3 Å². The number of rotatable bonds is 2. The number of aromatic nitrogens is 4. The molecule has 7 nitrogen and oxygen atoms in total. The first-order valence-corrected chi connectivity index (χ1v) is 11.9. The molecule has 5 heterocycles. The Morgan fingerprint density at radius 2 is 2.23 bits per heavy atom. The molecular weight excluding hydrogens is 395 g/mol. The van der Waals surface area contributed by atoms with Gasteiger partial charge in [0.1, 0.15) is 5.65 Å². The number of nitrogens with one attached hydrogen (secondary N) is 2. The number of pyridine rings is 1. The quantitative estimate of drug-likeness (QED) is 0.494. The van der Waals surface area contributed by atoms with Gasteiger partial charge in [0.2, 0.25) is 0 Å². The predicted molar refractivity (Wildman–Crippen MR) is 120 cm³/mol. The number of aromatic amines is 1. The van der Waals surface area contributed by atoms with Crippen molar-refractivity contribution in [1.29, 1.82) is 0 Å². The van der Waals surface area contributed by atoms with Gasteiger partial charge in [-0.3, -0.25) is 4.68 Å². The number of amides is 2. The van der Waals surface area contributed by atoms with E-state index in [1.54, 1.807) is 0 Å². The third-order valence-corrected chi connectivity index (χ3v) is 6.62. The lowest BCUT2D eigenvalue weighted by Crippen LogP contribution is -2.40. The van der Waals surface area contributed by atoms with Gasteiger partial charge in [0.25, 0.3) is 0 Å². The van der Waals surface area contributed by atoms with Crippen LogP contribution in [-0.4, -0.2) is 57.0 Å². The van der Waals surface area contributed by atoms with Crippen LogP contribution in [-0.2, 0) is 12.0 Å². The first-order valence-electron chi connectivity index (χ1n) is 10.4. The SMILES string of the molecule is CCNC(=O)N1CCC2(CCn3nc(-c4cnc5[nH]cc(C#CPC)c5c4)cc32)C1. The number of carbonyl (C=O) groups is 1. The summed E-state index contributed by atoms with van der Waals surface area (Å²) in [6, 6.07) is 4.36. The molecule has 2 atom stereocenters. The van der Waals surface area contributed by atoms with Gasteiger partial charge < -0.3 is 15.2 Å². The summed E-state index contributed by atoms with van der Waals surface area (Å²) in [5, 5.41) is 8.84. The van der Waals surface area contributed by atoms with Crippen LogP contribution < -0.4 is 5.32 Å². The molecule has 0 bridgehead atoms. The number of carbonyl (C=O) groups excluding carboxylic acids is 1. The van der Waals surface area contributed by atoms with E-state index < -0.39 is 0 Å². The van der Waals surface area contributed by atoms with Crippen molar-refractivity contribution < 1.29 is 4.79 Å². The lowest BCUT2D eigenvalue weighted by Gasteiger charge is -2.23. The molecule has 0 aliphatic carbocycles. The van der Waals surface area contributed by atoms with Gasteiger partial charge in [-0.2, -0.15) is 5.10 Å². The van der Waals surface area contributed by atoms with E-state index >= 15 is 0 Å². The van der Waals surface area contributed by atoms with Crippen molar-refractivity contribution in [3.63, 3.8) is 0 Å². The predicted octanol–water partition coefficient (Wildman–Crippen LogP) is 3.12. The topological polar surface area (TPSA) is 78.8 Å². The maximum atomic E-state index is 12.3. The van der Waals surface area contributed by atoms with Gasteiger partial charge in [0.15, 0.2) is 0 Å². The number of hydrogen-bond donors (Lipinski definition) is 2. The molecule has 0 aromatic carbocycles. The van der Waals surface area contributed by atoms with Gasteiger partial charge in [0, 0.05) is 60.6 Å². The first-order chi connectivity index (χ1) is 14.6. The Hall–Kier alpha value is -2.84. The summed E-state index contributed by atoms with van der Waals surface area (Å²) in [4.78, 5) is 22.0. The first kappa shape index (κ1) is 19.1. The molecule has 30 heavy (non-hydrogen) atoms. The van der Waals surface area contributed by atoms with Crippen molar-refractivity contribution in [3.8, 4) is 22.8 Å². The number of urea groups is 1. The molecular formula is C22H25N6OP. The zero-order valence-electron chi connectivity index (χ0n) is 17.2. The second kappa shape index (κ2) is 7.45. The molecule has 0 radical (unpaired) electrons. The molecule has 2 aliphatic heterocycles. The molecule has 3 aromatic rings. The Bertz CT molecular complexity index is 1190. The van der Waals surface area contributed by atoms with Crippen LogP contribution in [0, 0.1) is 11.6 Å². The summed E-state index contributed by atoms with van der Waals surface area (Å²) in [6.07, 6.45) is 5.82. The Morgan fingerprint density at radius 3 is 3.07 bits per heavy atom. The number of nitrogens with zero attached hydrogens (tertiary/aromatic N) is 4. The fourth-order valence-corrected chi connectivity index (χ4v) is 4.96. The highest BCUT2D eigenvalue weighted by molar-refractivity contribution is 7.43. The minimum atomic E-state index is 0.0145. The highest BCUT2D eigenvalue weighted by Crippen LogP contribution is 2.43.